The van der Waals surface area contributed by atoms with E-state index in [0.717, 1.165) is 29.3 Å². The van der Waals surface area contributed by atoms with E-state index in [1.807, 2.05) is 0 Å². The second-order valence-corrected chi connectivity index (χ2v) is 8.90. The van der Waals surface area contributed by atoms with Crippen molar-refractivity contribution >= 4 is 49.2 Å². The molecule has 162 valence electrons. The van der Waals surface area contributed by atoms with Gasteiger partial charge < -0.3 is 5.11 Å². The molecule has 1 amide bonds. The minimum atomic E-state index is -4.45. The molecule has 1 aliphatic rings. The summed E-state index contributed by atoms with van der Waals surface area (Å²) in [6.45, 7) is 0. The van der Waals surface area contributed by atoms with Gasteiger partial charge in [0.25, 0.3) is 20.2 Å². The third-order valence-corrected chi connectivity index (χ3v) is 5.74. The van der Waals surface area contributed by atoms with Crippen LogP contribution in [0.5, 0.6) is 0 Å². The van der Waals surface area contributed by atoms with E-state index in [1.54, 1.807) is 0 Å². The molecule has 13 nitrogen and oxygen atoms in total. The van der Waals surface area contributed by atoms with E-state index >= 15 is 0 Å². The van der Waals surface area contributed by atoms with Gasteiger partial charge in [-0.1, -0.05) is 5.01 Å². The van der Waals surface area contributed by atoms with Crippen LogP contribution < -0.4 is 10.1 Å². The lowest BCUT2D eigenvalue weighted by Crippen LogP contribution is -2.83. The Bertz CT molecular complexity index is 1320. The number of hydrogen-bond acceptors (Lipinski definition) is 8. The van der Waals surface area contributed by atoms with Gasteiger partial charge in [-0.05, 0) is 48.5 Å². The summed E-state index contributed by atoms with van der Waals surface area (Å²) in [6.07, 6.45) is 0. The number of amides is 1. The number of carboxylic acids is 1. The molecular weight excluding hydrogens is 456 g/mol. The highest BCUT2D eigenvalue weighted by atomic mass is 32.2. The summed E-state index contributed by atoms with van der Waals surface area (Å²) in [5, 5.41) is 20.0. The maximum absolute atomic E-state index is 12.7. The molecule has 0 saturated carbocycles. The average Bonchev–Trinajstić information content (AvgIpc) is 3.02. The molecule has 1 unspecified atom stereocenters. The van der Waals surface area contributed by atoms with Crippen molar-refractivity contribution in [1.82, 2.24) is 0 Å². The Morgan fingerprint density at radius 3 is 1.84 bits per heavy atom. The number of nitrogens with zero attached hydrogens (tertiary/aromatic N) is 3. The predicted molar refractivity (Wildman–Crippen MR) is 102 cm³/mol. The van der Waals surface area contributed by atoms with Crippen molar-refractivity contribution < 1.29 is 45.7 Å². The van der Waals surface area contributed by atoms with Gasteiger partial charge in [-0.3, -0.25) is 13.9 Å². The lowest BCUT2D eigenvalue weighted by Gasteiger charge is -2.07. The normalized spacial score (nSPS) is 17.2. The van der Waals surface area contributed by atoms with Crippen LogP contribution >= 0.6 is 0 Å². The second-order valence-electron chi connectivity index (χ2n) is 6.06. The number of azo groups is 1. The molecule has 0 saturated heterocycles. The Morgan fingerprint density at radius 2 is 1.39 bits per heavy atom. The van der Waals surface area contributed by atoms with Crippen molar-refractivity contribution in [2.24, 2.45) is 10.2 Å². The molecule has 0 radical (unpaired) electrons. The van der Waals surface area contributed by atoms with Gasteiger partial charge in [0.05, 0.1) is 15.5 Å². The Morgan fingerprint density at radius 1 is 0.903 bits per heavy atom. The van der Waals surface area contributed by atoms with Crippen LogP contribution in [0, 0.1) is 0 Å². The van der Waals surface area contributed by atoms with Gasteiger partial charge in [-0.25, -0.2) is 4.79 Å². The summed E-state index contributed by atoms with van der Waals surface area (Å²) in [5.74, 6) is -2.33. The number of rotatable bonds is 6. The monoisotopic (exact) mass is 469 g/mol. The number of carbonyl (C=O) groups excluding carboxylic acids is 1. The van der Waals surface area contributed by atoms with Crippen molar-refractivity contribution in [3.05, 3.63) is 48.5 Å². The van der Waals surface area contributed by atoms with Crippen LogP contribution in [0.4, 0.5) is 11.4 Å². The Kier molecular flexibility index (Phi) is 5.68. The number of aliphatic carboxylic acids is 1. The molecule has 31 heavy (non-hydrogen) atoms. The minimum absolute atomic E-state index is 0.0753. The van der Waals surface area contributed by atoms with Crippen LogP contribution in [0.25, 0.3) is 0 Å². The first-order chi connectivity index (χ1) is 14.4. The van der Waals surface area contributed by atoms with E-state index in [1.165, 1.54) is 24.3 Å². The standard InChI is InChI=1S/C16H12N4O9S2/c21-15-13(18-17-9-1-5-11(6-2-9)30(24,25)26)14(16(22)23)19-20(15)10-3-7-12(8-4-10)31(27,28)29/h1-8,13H,(H,22,23)(H,24,25,26)(H,27,28,29)/p+1. The van der Waals surface area contributed by atoms with Gasteiger partial charge in [0, 0.05) is 0 Å². The molecular formula is C16H13N4O9S2+. The molecule has 1 atom stereocenters. The average molecular weight is 469 g/mol. The molecule has 2 aromatic rings. The molecule has 0 spiro atoms. The molecule has 1 aliphatic heterocycles. The van der Waals surface area contributed by atoms with Crippen LogP contribution in [0.15, 0.2) is 68.6 Å². The molecule has 0 bridgehead atoms. The van der Waals surface area contributed by atoms with E-state index in [2.05, 4.69) is 15.3 Å². The van der Waals surface area contributed by atoms with Crippen molar-refractivity contribution in [2.45, 2.75) is 15.8 Å². The Hall–Kier alpha value is -3.53. The van der Waals surface area contributed by atoms with E-state index < -0.39 is 48.8 Å². The van der Waals surface area contributed by atoms with E-state index in [-0.39, 0.29) is 16.3 Å². The second kappa shape index (κ2) is 7.95. The van der Waals surface area contributed by atoms with Crippen LogP contribution in [-0.4, -0.2) is 54.7 Å². The van der Waals surface area contributed by atoms with Gasteiger partial charge in [0.1, 0.15) is 5.69 Å². The largest absolute Gasteiger partial charge is 0.473 e. The van der Waals surface area contributed by atoms with Crippen LogP contribution in [-0.2, 0) is 29.8 Å². The first-order valence-electron chi connectivity index (χ1n) is 8.14. The smallest absolute Gasteiger partial charge is 0.401 e. The van der Waals surface area contributed by atoms with Crippen molar-refractivity contribution in [3.63, 3.8) is 0 Å². The van der Waals surface area contributed by atoms with Gasteiger partial charge in [-0.2, -0.15) is 27.1 Å². The maximum Gasteiger partial charge on any atom is 0.401 e. The van der Waals surface area contributed by atoms with Crippen LogP contribution in [0.3, 0.4) is 0 Å². The number of carbonyl (C=O) groups is 2. The van der Waals surface area contributed by atoms with E-state index in [9.17, 15) is 31.5 Å². The quantitative estimate of drug-likeness (QED) is 0.308. The summed E-state index contributed by atoms with van der Waals surface area (Å²) in [6, 6.07) is 7.27. The number of nitrogens with one attached hydrogen (secondary N) is 1. The third-order valence-electron chi connectivity index (χ3n) is 4.01. The lowest BCUT2D eigenvalue weighted by molar-refractivity contribution is -0.454. The number of benzene rings is 2. The zero-order chi connectivity index (χ0) is 23.0. The molecule has 0 aliphatic carbocycles. The van der Waals surface area contributed by atoms with Gasteiger partial charge in [0.2, 0.25) is 6.04 Å². The third kappa shape index (κ3) is 4.80. The first kappa shape index (κ1) is 22.2. The maximum atomic E-state index is 12.7. The SMILES string of the molecule is O=C(O)C1=[NH+]N(c2ccc(S(=O)(=O)O)cc2)C(=O)C1N=Nc1ccc(S(=O)(=O)O)cc1. The molecule has 15 heteroatoms. The minimum Gasteiger partial charge on any atom is -0.473 e. The van der Waals surface area contributed by atoms with Crippen LogP contribution in [0.1, 0.15) is 0 Å². The van der Waals surface area contributed by atoms with Crippen molar-refractivity contribution in [2.75, 3.05) is 5.01 Å². The summed E-state index contributed by atoms with van der Waals surface area (Å²) < 4.78 is 62.3. The highest BCUT2D eigenvalue weighted by Crippen LogP contribution is 2.20. The lowest BCUT2D eigenvalue weighted by atomic mass is 10.2. The van der Waals surface area contributed by atoms with Gasteiger partial charge in [-0.15, -0.1) is 5.10 Å². The van der Waals surface area contributed by atoms with Gasteiger partial charge in [0.15, 0.2) is 0 Å². The summed E-state index contributed by atoms with van der Waals surface area (Å²) in [7, 11) is -8.86. The number of carboxylic acid groups (broad SMARTS) is 1. The molecule has 1 heterocycles. The van der Waals surface area contributed by atoms with E-state index in [4.69, 9.17) is 9.11 Å². The Balaban J connectivity index is 1.88. The summed E-state index contributed by atoms with van der Waals surface area (Å²) >= 11 is 0. The Labute approximate surface area is 174 Å². The fourth-order valence-corrected chi connectivity index (χ4v) is 3.48. The predicted octanol–water partition coefficient (Wildman–Crippen LogP) is -0.800. The molecule has 2 aromatic carbocycles. The number of hydrogen-bond donors (Lipinski definition) is 4. The highest BCUT2D eigenvalue weighted by Gasteiger charge is 2.47. The number of anilines is 1. The van der Waals surface area contributed by atoms with Crippen molar-refractivity contribution in [1.29, 1.82) is 0 Å². The molecule has 0 aromatic heterocycles. The first-order valence-corrected chi connectivity index (χ1v) is 11.0. The summed E-state index contributed by atoms with van der Waals surface area (Å²) in [4.78, 5) is 23.3. The number of hydrazine groups is 1. The highest BCUT2D eigenvalue weighted by molar-refractivity contribution is 7.86. The zero-order valence-corrected chi connectivity index (χ0v) is 16.8. The fourth-order valence-electron chi connectivity index (χ4n) is 2.52. The molecule has 0 fully saturated rings. The molecule has 3 rings (SSSR count). The van der Waals surface area contributed by atoms with E-state index in [0.29, 0.717) is 0 Å². The molecule has 4 N–H and O–H groups in total. The van der Waals surface area contributed by atoms with Gasteiger partial charge >= 0.3 is 17.6 Å². The van der Waals surface area contributed by atoms with Crippen LogP contribution in [0.2, 0.25) is 0 Å². The number of hydrazone groups is 1. The zero-order valence-electron chi connectivity index (χ0n) is 15.1. The summed E-state index contributed by atoms with van der Waals surface area (Å²) in [5.41, 5.74) is -0.366. The topological polar surface area (TPSA) is 205 Å². The fraction of sp³-hybridized carbons (Fsp3) is 0.0625. The van der Waals surface area contributed by atoms with Crippen molar-refractivity contribution in [3.8, 4) is 0 Å².